The normalized spacial score (nSPS) is 25.5. The maximum Gasteiger partial charge on any atom is 0.240 e. The number of benzene rings is 1. The highest BCUT2D eigenvalue weighted by Gasteiger charge is 2.29. The smallest absolute Gasteiger partial charge is 0.240 e. The molecule has 1 saturated carbocycles. The van der Waals surface area contributed by atoms with Crippen LogP contribution in [-0.4, -0.2) is 41.5 Å². The molecule has 0 radical (unpaired) electrons. The Hall–Kier alpha value is -1.00. The van der Waals surface area contributed by atoms with E-state index in [4.69, 9.17) is 0 Å². The molecule has 1 aliphatic heterocycles. The van der Waals surface area contributed by atoms with Gasteiger partial charge in [0.05, 0.1) is 9.79 Å². The van der Waals surface area contributed by atoms with Gasteiger partial charge in [0.25, 0.3) is 0 Å². The lowest BCUT2D eigenvalue weighted by atomic mass is 10.0. The Balaban J connectivity index is 1.79. The molecule has 1 aromatic carbocycles. The van der Waals surface area contributed by atoms with E-state index in [1.54, 1.807) is 0 Å². The van der Waals surface area contributed by atoms with Crippen molar-refractivity contribution in [3.63, 3.8) is 0 Å². The van der Waals surface area contributed by atoms with Gasteiger partial charge in [-0.1, -0.05) is 6.07 Å². The van der Waals surface area contributed by atoms with Crippen LogP contribution in [0, 0.1) is 0 Å². The van der Waals surface area contributed by atoms with Crippen molar-refractivity contribution in [1.29, 1.82) is 0 Å². The lowest BCUT2D eigenvalue weighted by Crippen LogP contribution is -2.46. The minimum atomic E-state index is -3.75. The first kappa shape index (κ1) is 17.8. The largest absolute Gasteiger partial charge is 0.314 e. The lowest BCUT2D eigenvalue weighted by Gasteiger charge is -2.28. The minimum absolute atomic E-state index is 0.0176. The third-order valence-corrected chi connectivity index (χ3v) is 7.31. The third-order valence-electron chi connectivity index (χ3n) is 4.27. The summed E-state index contributed by atoms with van der Waals surface area (Å²) in [5.41, 5.74) is 0. The zero-order valence-electron chi connectivity index (χ0n) is 13.5. The monoisotopic (exact) mass is 373 g/mol. The third kappa shape index (κ3) is 4.34. The summed E-state index contributed by atoms with van der Waals surface area (Å²) in [5, 5.41) is 3.27. The van der Waals surface area contributed by atoms with Crippen LogP contribution in [0.3, 0.4) is 0 Å². The van der Waals surface area contributed by atoms with Gasteiger partial charge in [0.2, 0.25) is 20.0 Å². The van der Waals surface area contributed by atoms with Gasteiger partial charge >= 0.3 is 0 Å². The molecular formula is C15H23N3O4S2. The molecule has 0 aromatic heterocycles. The van der Waals surface area contributed by atoms with Crippen molar-refractivity contribution >= 4 is 20.0 Å². The van der Waals surface area contributed by atoms with Gasteiger partial charge in [-0.25, -0.2) is 26.3 Å². The quantitative estimate of drug-likeness (QED) is 0.675. The molecule has 1 saturated heterocycles. The Morgan fingerprint density at radius 2 is 1.54 bits per heavy atom. The van der Waals surface area contributed by atoms with Gasteiger partial charge in [-0.05, 0) is 57.4 Å². The SMILES string of the molecule is CC1CC(NS(=O)(=O)c2cccc(S(=O)(=O)NC3CC3)c2)CCN1. The second-order valence-corrected chi connectivity index (χ2v) is 10.00. The molecule has 0 amide bonds. The van der Waals surface area contributed by atoms with Crippen LogP contribution in [0.5, 0.6) is 0 Å². The average molecular weight is 374 g/mol. The van der Waals surface area contributed by atoms with E-state index in [1.165, 1.54) is 24.3 Å². The molecule has 0 bridgehead atoms. The number of hydrogen-bond acceptors (Lipinski definition) is 5. The molecule has 2 unspecified atom stereocenters. The summed E-state index contributed by atoms with van der Waals surface area (Å²) >= 11 is 0. The molecule has 9 heteroatoms. The van der Waals surface area contributed by atoms with Crippen LogP contribution in [0.4, 0.5) is 0 Å². The molecule has 0 spiro atoms. The summed E-state index contributed by atoms with van der Waals surface area (Å²) in [6.07, 6.45) is 3.07. The number of sulfonamides is 2. The molecule has 2 fully saturated rings. The second kappa shape index (κ2) is 6.72. The van der Waals surface area contributed by atoms with Crippen LogP contribution in [-0.2, 0) is 20.0 Å². The van der Waals surface area contributed by atoms with E-state index >= 15 is 0 Å². The molecule has 2 atom stereocenters. The summed E-state index contributed by atoms with van der Waals surface area (Å²) in [5.74, 6) is 0. The molecule has 1 aliphatic carbocycles. The predicted octanol–water partition coefficient (Wildman–Crippen LogP) is 0.546. The molecular weight excluding hydrogens is 350 g/mol. The Labute approximate surface area is 143 Å². The zero-order chi connectivity index (χ0) is 17.4. The first-order valence-corrected chi connectivity index (χ1v) is 11.1. The van der Waals surface area contributed by atoms with E-state index in [0.29, 0.717) is 12.8 Å². The Kier molecular flexibility index (Phi) is 4.99. The van der Waals surface area contributed by atoms with Crippen LogP contribution < -0.4 is 14.8 Å². The first-order chi connectivity index (χ1) is 11.3. The minimum Gasteiger partial charge on any atom is -0.314 e. The maximum atomic E-state index is 12.6. The molecule has 3 rings (SSSR count). The number of hydrogen-bond donors (Lipinski definition) is 3. The van der Waals surface area contributed by atoms with E-state index < -0.39 is 20.0 Å². The Morgan fingerprint density at radius 1 is 0.958 bits per heavy atom. The summed E-state index contributed by atoms with van der Waals surface area (Å²) in [4.78, 5) is -0.0386. The fraction of sp³-hybridized carbons (Fsp3) is 0.600. The van der Waals surface area contributed by atoms with E-state index in [0.717, 1.165) is 19.4 Å². The van der Waals surface area contributed by atoms with Crippen LogP contribution >= 0.6 is 0 Å². The Bertz CT molecular complexity index is 804. The summed E-state index contributed by atoms with van der Waals surface area (Å²) < 4.78 is 54.9. The van der Waals surface area contributed by atoms with Crippen molar-refractivity contribution < 1.29 is 16.8 Å². The van der Waals surface area contributed by atoms with E-state index in [2.05, 4.69) is 14.8 Å². The van der Waals surface area contributed by atoms with Gasteiger partial charge in [-0.15, -0.1) is 0 Å². The lowest BCUT2D eigenvalue weighted by molar-refractivity contribution is 0.361. The molecule has 2 aliphatic rings. The first-order valence-electron chi connectivity index (χ1n) is 8.14. The van der Waals surface area contributed by atoms with Crippen molar-refractivity contribution in [1.82, 2.24) is 14.8 Å². The molecule has 134 valence electrons. The van der Waals surface area contributed by atoms with Gasteiger partial charge in [0.1, 0.15) is 0 Å². The highest BCUT2D eigenvalue weighted by Crippen LogP contribution is 2.23. The highest BCUT2D eigenvalue weighted by atomic mass is 32.2. The van der Waals surface area contributed by atoms with E-state index in [-0.39, 0.29) is 27.9 Å². The summed E-state index contributed by atoms with van der Waals surface area (Å²) in [7, 11) is -7.42. The predicted molar refractivity (Wildman–Crippen MR) is 90.6 cm³/mol. The van der Waals surface area contributed by atoms with Crippen LogP contribution in [0.15, 0.2) is 34.1 Å². The van der Waals surface area contributed by atoms with E-state index in [9.17, 15) is 16.8 Å². The van der Waals surface area contributed by atoms with Gasteiger partial charge in [0, 0.05) is 18.1 Å². The fourth-order valence-corrected chi connectivity index (χ4v) is 5.58. The summed E-state index contributed by atoms with van der Waals surface area (Å²) in [6, 6.07) is 5.60. The van der Waals surface area contributed by atoms with Crippen LogP contribution in [0.1, 0.15) is 32.6 Å². The second-order valence-electron chi connectivity index (χ2n) is 6.57. The molecule has 7 nitrogen and oxygen atoms in total. The summed E-state index contributed by atoms with van der Waals surface area (Å²) in [6.45, 7) is 2.77. The van der Waals surface area contributed by atoms with Crippen molar-refractivity contribution in [3.05, 3.63) is 24.3 Å². The van der Waals surface area contributed by atoms with Crippen LogP contribution in [0.25, 0.3) is 0 Å². The van der Waals surface area contributed by atoms with Crippen molar-refractivity contribution in [3.8, 4) is 0 Å². The topological polar surface area (TPSA) is 104 Å². The van der Waals surface area contributed by atoms with Gasteiger partial charge < -0.3 is 5.32 Å². The van der Waals surface area contributed by atoms with Crippen molar-refractivity contribution in [2.24, 2.45) is 0 Å². The van der Waals surface area contributed by atoms with Crippen molar-refractivity contribution in [2.45, 2.75) is 60.5 Å². The van der Waals surface area contributed by atoms with Crippen molar-refractivity contribution in [2.75, 3.05) is 6.54 Å². The molecule has 1 aromatic rings. The standard InChI is InChI=1S/C15H23N3O4S2/c1-11-9-13(7-8-16-11)18-24(21,22)15-4-2-3-14(10-15)23(19,20)17-12-5-6-12/h2-4,10-13,16-18H,5-9H2,1H3. The maximum absolute atomic E-state index is 12.6. The fourth-order valence-electron chi connectivity index (χ4n) is 2.82. The highest BCUT2D eigenvalue weighted by molar-refractivity contribution is 7.90. The molecule has 3 N–H and O–H groups in total. The zero-order valence-corrected chi connectivity index (χ0v) is 15.2. The molecule has 1 heterocycles. The van der Waals surface area contributed by atoms with Gasteiger partial charge in [0.15, 0.2) is 0 Å². The van der Waals surface area contributed by atoms with Gasteiger partial charge in [-0.3, -0.25) is 0 Å². The Morgan fingerprint density at radius 3 is 2.08 bits per heavy atom. The molecule has 24 heavy (non-hydrogen) atoms. The average Bonchev–Trinajstić information content (AvgIpc) is 3.30. The van der Waals surface area contributed by atoms with E-state index in [1.807, 2.05) is 6.92 Å². The number of rotatable bonds is 6. The van der Waals surface area contributed by atoms with Crippen LogP contribution in [0.2, 0.25) is 0 Å². The number of piperidine rings is 1. The number of nitrogens with one attached hydrogen (secondary N) is 3. The van der Waals surface area contributed by atoms with Gasteiger partial charge in [-0.2, -0.15) is 0 Å².